The highest BCUT2D eigenvalue weighted by Gasteiger charge is 2.20. The highest BCUT2D eigenvalue weighted by molar-refractivity contribution is 7.07. The number of anilines is 1. The van der Waals surface area contributed by atoms with Crippen LogP contribution in [0.2, 0.25) is 0 Å². The molecule has 19 heavy (non-hydrogen) atoms. The molecule has 2 aromatic heterocycles. The molecule has 1 unspecified atom stereocenters. The average molecular weight is 279 g/mol. The molecule has 0 fully saturated rings. The lowest BCUT2D eigenvalue weighted by Crippen LogP contribution is -2.21. The molecule has 0 aliphatic heterocycles. The van der Waals surface area contributed by atoms with Gasteiger partial charge in [-0.25, -0.2) is 4.79 Å². The number of nitrogens with zero attached hydrogens (tertiary/aromatic N) is 2. The number of aryl methyl sites for hydroxylation is 2. The Labute approximate surface area is 115 Å². The molecule has 2 N–H and O–H groups in total. The van der Waals surface area contributed by atoms with Gasteiger partial charge in [0.15, 0.2) is 0 Å². The van der Waals surface area contributed by atoms with Crippen molar-refractivity contribution in [3.8, 4) is 0 Å². The summed E-state index contributed by atoms with van der Waals surface area (Å²) >= 11 is 1.66. The third kappa shape index (κ3) is 2.96. The van der Waals surface area contributed by atoms with Gasteiger partial charge in [0.25, 0.3) is 0 Å². The summed E-state index contributed by atoms with van der Waals surface area (Å²) in [6.45, 7) is 3.74. The zero-order valence-electron chi connectivity index (χ0n) is 11.2. The molecule has 2 rings (SSSR count). The predicted molar refractivity (Wildman–Crippen MR) is 76.0 cm³/mol. The van der Waals surface area contributed by atoms with Crippen LogP contribution in [0.1, 0.15) is 28.5 Å². The number of carboxylic acid groups (broad SMARTS) is 1. The van der Waals surface area contributed by atoms with Crippen LogP contribution >= 0.6 is 11.3 Å². The van der Waals surface area contributed by atoms with Crippen LogP contribution in [0.4, 0.5) is 5.82 Å². The van der Waals surface area contributed by atoms with E-state index in [2.05, 4.69) is 21.9 Å². The predicted octanol–water partition coefficient (Wildman–Crippen LogP) is 2.53. The van der Waals surface area contributed by atoms with Crippen LogP contribution in [0.15, 0.2) is 16.8 Å². The second-order valence-electron chi connectivity index (χ2n) is 4.62. The molecule has 1 atom stereocenters. The highest BCUT2D eigenvalue weighted by Crippen LogP contribution is 2.20. The van der Waals surface area contributed by atoms with Crippen LogP contribution in [0.5, 0.6) is 0 Å². The SMILES string of the molecule is Cc1nn(C)c(NC(C)Cc2ccsc2)c1C(=O)O. The Balaban J connectivity index is 2.16. The molecule has 2 aromatic rings. The number of carbonyl (C=O) groups is 1. The van der Waals surface area contributed by atoms with Crippen molar-refractivity contribution in [3.05, 3.63) is 33.6 Å². The Morgan fingerprint density at radius 2 is 2.37 bits per heavy atom. The maximum absolute atomic E-state index is 11.3. The maximum Gasteiger partial charge on any atom is 0.341 e. The number of aromatic carboxylic acids is 1. The number of thiophene rings is 1. The Kier molecular flexibility index (Phi) is 3.90. The fourth-order valence-electron chi connectivity index (χ4n) is 2.13. The summed E-state index contributed by atoms with van der Waals surface area (Å²) < 4.78 is 1.59. The fraction of sp³-hybridized carbons (Fsp3) is 0.385. The van der Waals surface area contributed by atoms with Crippen molar-refractivity contribution in [2.75, 3.05) is 5.32 Å². The van der Waals surface area contributed by atoms with Crippen LogP contribution in [0, 0.1) is 6.92 Å². The minimum atomic E-state index is -0.948. The van der Waals surface area contributed by atoms with Gasteiger partial charge in [-0.15, -0.1) is 0 Å². The van der Waals surface area contributed by atoms with E-state index >= 15 is 0 Å². The monoisotopic (exact) mass is 279 g/mol. The summed E-state index contributed by atoms with van der Waals surface area (Å²) in [6, 6.07) is 2.22. The van der Waals surface area contributed by atoms with Gasteiger partial charge in [0.1, 0.15) is 11.4 Å². The first-order chi connectivity index (χ1) is 8.99. The van der Waals surface area contributed by atoms with Crippen LogP contribution in [-0.2, 0) is 13.5 Å². The molecular formula is C13H17N3O2S. The fourth-order valence-corrected chi connectivity index (χ4v) is 2.81. The lowest BCUT2D eigenvalue weighted by Gasteiger charge is -2.15. The van der Waals surface area contributed by atoms with Crippen molar-refractivity contribution in [1.82, 2.24) is 9.78 Å². The molecule has 102 valence electrons. The van der Waals surface area contributed by atoms with Crippen LogP contribution < -0.4 is 5.32 Å². The molecule has 0 aliphatic carbocycles. The van der Waals surface area contributed by atoms with Gasteiger partial charge in [-0.05, 0) is 42.7 Å². The molecule has 0 aliphatic rings. The van der Waals surface area contributed by atoms with E-state index in [1.165, 1.54) is 5.56 Å². The van der Waals surface area contributed by atoms with E-state index in [0.717, 1.165) is 6.42 Å². The molecule has 0 radical (unpaired) electrons. The largest absolute Gasteiger partial charge is 0.477 e. The third-order valence-electron chi connectivity index (χ3n) is 2.94. The lowest BCUT2D eigenvalue weighted by molar-refractivity contribution is 0.0697. The normalized spacial score (nSPS) is 12.4. The van der Waals surface area contributed by atoms with Crippen molar-refractivity contribution in [2.24, 2.45) is 7.05 Å². The summed E-state index contributed by atoms with van der Waals surface area (Å²) in [5.41, 5.74) is 2.03. The standard InChI is InChI=1S/C13H17N3O2S/c1-8(6-10-4-5-19-7-10)14-12-11(13(17)18)9(2)15-16(12)3/h4-5,7-8,14H,6H2,1-3H3,(H,17,18). The second-order valence-corrected chi connectivity index (χ2v) is 5.40. The summed E-state index contributed by atoms with van der Waals surface area (Å²) in [5, 5.41) is 20.8. The van der Waals surface area contributed by atoms with Gasteiger partial charge in [-0.2, -0.15) is 16.4 Å². The molecule has 0 saturated heterocycles. The number of nitrogens with one attached hydrogen (secondary N) is 1. The van der Waals surface area contributed by atoms with E-state index < -0.39 is 5.97 Å². The van der Waals surface area contributed by atoms with Crippen LogP contribution in [-0.4, -0.2) is 26.9 Å². The van der Waals surface area contributed by atoms with Crippen molar-refractivity contribution in [3.63, 3.8) is 0 Å². The third-order valence-corrected chi connectivity index (χ3v) is 3.67. The molecule has 0 amide bonds. The summed E-state index contributed by atoms with van der Waals surface area (Å²) in [6.07, 6.45) is 0.854. The van der Waals surface area contributed by atoms with Gasteiger partial charge in [0, 0.05) is 13.1 Å². The number of rotatable bonds is 5. The van der Waals surface area contributed by atoms with E-state index in [-0.39, 0.29) is 11.6 Å². The smallest absolute Gasteiger partial charge is 0.341 e. The molecule has 0 spiro atoms. The molecule has 5 nitrogen and oxygen atoms in total. The van der Waals surface area contributed by atoms with Crippen molar-refractivity contribution in [1.29, 1.82) is 0 Å². The van der Waals surface area contributed by atoms with E-state index in [9.17, 15) is 9.90 Å². The number of aromatic nitrogens is 2. The molecule has 6 heteroatoms. The summed E-state index contributed by atoms with van der Waals surface area (Å²) in [4.78, 5) is 11.3. The average Bonchev–Trinajstić information content (AvgIpc) is 2.88. The second kappa shape index (κ2) is 5.44. The van der Waals surface area contributed by atoms with Gasteiger partial charge in [-0.3, -0.25) is 4.68 Å². The first-order valence-corrected chi connectivity index (χ1v) is 6.97. The topological polar surface area (TPSA) is 67.2 Å². The Morgan fingerprint density at radius 3 is 2.95 bits per heavy atom. The zero-order valence-corrected chi connectivity index (χ0v) is 12.0. The van der Waals surface area contributed by atoms with E-state index in [1.54, 1.807) is 30.0 Å². The van der Waals surface area contributed by atoms with E-state index in [0.29, 0.717) is 11.5 Å². The number of carboxylic acids is 1. The van der Waals surface area contributed by atoms with Crippen molar-refractivity contribution in [2.45, 2.75) is 26.3 Å². The number of hydrogen-bond donors (Lipinski definition) is 2. The van der Waals surface area contributed by atoms with Gasteiger partial charge >= 0.3 is 5.97 Å². The first kappa shape index (κ1) is 13.6. The number of hydrogen-bond acceptors (Lipinski definition) is 4. The van der Waals surface area contributed by atoms with Gasteiger partial charge < -0.3 is 10.4 Å². The van der Waals surface area contributed by atoms with E-state index in [4.69, 9.17) is 0 Å². The van der Waals surface area contributed by atoms with Crippen LogP contribution in [0.3, 0.4) is 0 Å². The minimum Gasteiger partial charge on any atom is -0.477 e. The zero-order chi connectivity index (χ0) is 14.0. The van der Waals surface area contributed by atoms with Gasteiger partial charge in [0.2, 0.25) is 0 Å². The van der Waals surface area contributed by atoms with Gasteiger partial charge in [-0.1, -0.05) is 0 Å². The first-order valence-electron chi connectivity index (χ1n) is 6.03. The highest BCUT2D eigenvalue weighted by atomic mass is 32.1. The lowest BCUT2D eigenvalue weighted by atomic mass is 10.1. The molecule has 0 saturated carbocycles. The van der Waals surface area contributed by atoms with Crippen molar-refractivity contribution >= 4 is 23.1 Å². The summed E-state index contributed by atoms with van der Waals surface area (Å²) in [7, 11) is 1.75. The molecular weight excluding hydrogens is 262 g/mol. The van der Waals surface area contributed by atoms with Crippen molar-refractivity contribution < 1.29 is 9.90 Å². The maximum atomic E-state index is 11.3. The molecule has 0 bridgehead atoms. The molecule has 0 aromatic carbocycles. The minimum absolute atomic E-state index is 0.141. The summed E-state index contributed by atoms with van der Waals surface area (Å²) in [5.74, 6) is -0.386. The Hall–Kier alpha value is -1.82. The Bertz CT molecular complexity index is 575. The molecule has 2 heterocycles. The Morgan fingerprint density at radius 1 is 1.63 bits per heavy atom. The quantitative estimate of drug-likeness (QED) is 0.882. The van der Waals surface area contributed by atoms with Gasteiger partial charge in [0.05, 0.1) is 5.69 Å². The van der Waals surface area contributed by atoms with Crippen LogP contribution in [0.25, 0.3) is 0 Å². The van der Waals surface area contributed by atoms with E-state index in [1.807, 2.05) is 12.3 Å².